The number of nitrogens with zero attached hydrogens (tertiary/aromatic N) is 1. The molecule has 2 N–H and O–H groups in total. The second-order valence-corrected chi connectivity index (χ2v) is 8.14. The molecule has 160 valence electrons. The molecule has 0 radical (unpaired) electrons. The van der Waals surface area contributed by atoms with Crippen LogP contribution in [-0.4, -0.2) is 49.8 Å². The van der Waals surface area contributed by atoms with E-state index in [1.54, 1.807) is 0 Å². The van der Waals surface area contributed by atoms with Crippen LogP contribution >= 0.6 is 0 Å². The Morgan fingerprint density at radius 1 is 1.00 bits per heavy atom. The van der Waals surface area contributed by atoms with Crippen LogP contribution in [0.2, 0.25) is 0 Å². The molecular weight excluding hydrogens is 378 g/mol. The van der Waals surface area contributed by atoms with Crippen molar-refractivity contribution < 1.29 is 14.3 Å². The van der Waals surface area contributed by atoms with Gasteiger partial charge in [-0.05, 0) is 62.5 Å². The number of hydrogen-bond acceptors (Lipinski definition) is 4. The second kappa shape index (κ2) is 9.85. The fraction of sp³-hybridized carbons (Fsp3) is 0.458. The molecule has 2 aromatic carbocycles. The molecule has 2 amide bonds. The highest BCUT2D eigenvalue weighted by Gasteiger charge is 2.21. The van der Waals surface area contributed by atoms with E-state index in [1.165, 1.54) is 12.8 Å². The van der Waals surface area contributed by atoms with Gasteiger partial charge in [0.1, 0.15) is 13.2 Å². The predicted octanol–water partition coefficient (Wildman–Crippen LogP) is 3.53. The SMILES string of the molecule is CC(NC(=O)NC(Cc1ccc2c(c1)OCCO2)CN1CCCC1)c1ccccc1. The predicted molar refractivity (Wildman–Crippen MR) is 117 cm³/mol. The zero-order valence-corrected chi connectivity index (χ0v) is 17.6. The normalized spacial score (nSPS) is 17.9. The van der Waals surface area contributed by atoms with Gasteiger partial charge in [-0.25, -0.2) is 4.79 Å². The molecule has 0 saturated carbocycles. The van der Waals surface area contributed by atoms with Crippen LogP contribution in [-0.2, 0) is 6.42 Å². The zero-order valence-electron chi connectivity index (χ0n) is 17.6. The van der Waals surface area contributed by atoms with Gasteiger partial charge in [0.25, 0.3) is 0 Å². The third kappa shape index (κ3) is 5.45. The highest BCUT2D eigenvalue weighted by atomic mass is 16.6. The number of benzene rings is 2. The van der Waals surface area contributed by atoms with Gasteiger partial charge in [-0.3, -0.25) is 0 Å². The van der Waals surface area contributed by atoms with Gasteiger partial charge in [-0.1, -0.05) is 36.4 Å². The lowest BCUT2D eigenvalue weighted by Crippen LogP contribution is -2.48. The summed E-state index contributed by atoms with van der Waals surface area (Å²) in [7, 11) is 0. The minimum absolute atomic E-state index is 0.0219. The van der Waals surface area contributed by atoms with E-state index < -0.39 is 0 Å². The molecule has 2 unspecified atom stereocenters. The molecule has 4 rings (SSSR count). The number of nitrogens with one attached hydrogen (secondary N) is 2. The Bertz CT molecular complexity index is 837. The van der Waals surface area contributed by atoms with E-state index in [-0.39, 0.29) is 18.1 Å². The van der Waals surface area contributed by atoms with Gasteiger partial charge < -0.3 is 25.0 Å². The molecule has 2 aromatic rings. The van der Waals surface area contributed by atoms with Crippen LogP contribution in [0.1, 0.15) is 36.9 Å². The lowest BCUT2D eigenvalue weighted by molar-refractivity contribution is 0.171. The average molecular weight is 410 g/mol. The summed E-state index contributed by atoms with van der Waals surface area (Å²) in [5.41, 5.74) is 2.23. The molecule has 6 heteroatoms. The van der Waals surface area contributed by atoms with Crippen molar-refractivity contribution in [3.05, 3.63) is 59.7 Å². The third-order valence-electron chi connectivity index (χ3n) is 5.75. The zero-order chi connectivity index (χ0) is 20.8. The summed E-state index contributed by atoms with van der Waals surface area (Å²) in [5, 5.41) is 6.28. The van der Waals surface area contributed by atoms with Crippen molar-refractivity contribution in [1.82, 2.24) is 15.5 Å². The lowest BCUT2D eigenvalue weighted by Gasteiger charge is -2.26. The number of hydrogen-bond donors (Lipinski definition) is 2. The van der Waals surface area contributed by atoms with E-state index >= 15 is 0 Å². The van der Waals surface area contributed by atoms with Crippen molar-refractivity contribution in [3.8, 4) is 11.5 Å². The molecule has 0 spiro atoms. The summed E-state index contributed by atoms with van der Waals surface area (Å²) in [6.45, 7) is 6.21. The maximum Gasteiger partial charge on any atom is 0.315 e. The minimum Gasteiger partial charge on any atom is -0.486 e. The summed E-state index contributed by atoms with van der Waals surface area (Å²) < 4.78 is 11.4. The lowest BCUT2D eigenvalue weighted by atomic mass is 10.0. The van der Waals surface area contributed by atoms with Gasteiger partial charge in [0, 0.05) is 12.6 Å². The largest absolute Gasteiger partial charge is 0.486 e. The van der Waals surface area contributed by atoms with Crippen molar-refractivity contribution in [3.63, 3.8) is 0 Å². The molecule has 6 nitrogen and oxygen atoms in total. The summed E-state index contributed by atoms with van der Waals surface area (Å²) in [4.78, 5) is 15.2. The number of amides is 2. The summed E-state index contributed by atoms with van der Waals surface area (Å²) >= 11 is 0. The fourth-order valence-electron chi connectivity index (χ4n) is 4.19. The maximum absolute atomic E-state index is 12.7. The Balaban J connectivity index is 1.40. The van der Waals surface area contributed by atoms with Gasteiger partial charge in [-0.15, -0.1) is 0 Å². The van der Waals surface area contributed by atoms with E-state index in [0.717, 1.165) is 48.7 Å². The van der Waals surface area contributed by atoms with Crippen LogP contribution in [0.3, 0.4) is 0 Å². The number of fused-ring (bicyclic) bond motifs is 1. The maximum atomic E-state index is 12.7. The van der Waals surface area contributed by atoms with E-state index in [9.17, 15) is 4.79 Å². The molecule has 0 bridgehead atoms. The van der Waals surface area contributed by atoms with Gasteiger partial charge in [0.2, 0.25) is 0 Å². The molecule has 2 heterocycles. The monoisotopic (exact) mass is 409 g/mol. The number of ether oxygens (including phenoxy) is 2. The summed E-state index contributed by atoms with van der Waals surface area (Å²) in [5.74, 6) is 1.59. The molecule has 30 heavy (non-hydrogen) atoms. The number of urea groups is 1. The Morgan fingerprint density at radius 3 is 2.50 bits per heavy atom. The second-order valence-electron chi connectivity index (χ2n) is 8.14. The van der Waals surface area contributed by atoms with E-state index in [1.807, 2.05) is 49.4 Å². The van der Waals surface area contributed by atoms with Gasteiger partial charge in [0.05, 0.1) is 6.04 Å². The van der Waals surface area contributed by atoms with Gasteiger partial charge in [0.15, 0.2) is 11.5 Å². The van der Waals surface area contributed by atoms with Crippen molar-refractivity contribution in [1.29, 1.82) is 0 Å². The Hall–Kier alpha value is -2.73. The van der Waals surface area contributed by atoms with Crippen LogP contribution in [0, 0.1) is 0 Å². The first-order chi connectivity index (χ1) is 14.7. The highest BCUT2D eigenvalue weighted by Crippen LogP contribution is 2.31. The molecular formula is C24H31N3O3. The van der Waals surface area contributed by atoms with Crippen LogP contribution in [0.15, 0.2) is 48.5 Å². The van der Waals surface area contributed by atoms with Crippen LogP contribution in [0.4, 0.5) is 4.79 Å². The molecule has 2 atom stereocenters. The molecule has 1 fully saturated rings. The van der Waals surface area contributed by atoms with Crippen molar-refractivity contribution in [2.24, 2.45) is 0 Å². The average Bonchev–Trinajstić information content (AvgIpc) is 3.27. The molecule has 0 aliphatic carbocycles. The number of likely N-dealkylation sites (tertiary alicyclic amines) is 1. The highest BCUT2D eigenvalue weighted by molar-refractivity contribution is 5.74. The van der Waals surface area contributed by atoms with Crippen LogP contribution in [0.25, 0.3) is 0 Å². The first kappa shape index (κ1) is 20.5. The number of carbonyl (C=O) groups excluding carboxylic acids is 1. The Morgan fingerprint density at radius 2 is 1.73 bits per heavy atom. The summed E-state index contributed by atoms with van der Waals surface area (Å²) in [6.07, 6.45) is 3.21. The van der Waals surface area contributed by atoms with E-state index in [2.05, 4.69) is 21.6 Å². The Labute approximate surface area is 178 Å². The summed E-state index contributed by atoms with van der Waals surface area (Å²) in [6, 6.07) is 15.9. The first-order valence-electron chi connectivity index (χ1n) is 10.9. The first-order valence-corrected chi connectivity index (χ1v) is 10.9. The minimum atomic E-state index is -0.131. The Kier molecular flexibility index (Phi) is 6.74. The number of carbonyl (C=O) groups is 1. The molecule has 0 aromatic heterocycles. The standard InChI is InChI=1S/C24H31N3O3/c1-18(20-7-3-2-4-8-20)25-24(28)26-21(17-27-11-5-6-12-27)15-19-9-10-22-23(16-19)30-14-13-29-22/h2-4,7-10,16,18,21H,5-6,11-15,17H2,1H3,(H2,25,26,28). The van der Waals surface area contributed by atoms with Crippen molar-refractivity contribution in [2.45, 2.75) is 38.3 Å². The third-order valence-corrected chi connectivity index (χ3v) is 5.75. The van der Waals surface area contributed by atoms with Gasteiger partial charge in [-0.2, -0.15) is 0 Å². The molecule has 2 aliphatic rings. The smallest absolute Gasteiger partial charge is 0.315 e. The van der Waals surface area contributed by atoms with E-state index in [4.69, 9.17) is 9.47 Å². The topological polar surface area (TPSA) is 62.8 Å². The van der Waals surface area contributed by atoms with Crippen LogP contribution < -0.4 is 20.1 Å². The van der Waals surface area contributed by atoms with E-state index in [0.29, 0.717) is 13.2 Å². The fourth-order valence-corrected chi connectivity index (χ4v) is 4.19. The quantitative estimate of drug-likeness (QED) is 0.734. The van der Waals surface area contributed by atoms with Crippen molar-refractivity contribution >= 4 is 6.03 Å². The van der Waals surface area contributed by atoms with Crippen LogP contribution in [0.5, 0.6) is 11.5 Å². The molecule has 1 saturated heterocycles. The molecule has 2 aliphatic heterocycles. The number of rotatable bonds is 7. The van der Waals surface area contributed by atoms with Crippen molar-refractivity contribution in [2.75, 3.05) is 32.8 Å². The van der Waals surface area contributed by atoms with Gasteiger partial charge >= 0.3 is 6.03 Å².